The number of para-hydroxylation sites is 1. The number of aromatic carboxylic acids is 1. The Morgan fingerprint density at radius 3 is 2.68 bits per heavy atom. The van der Waals surface area contributed by atoms with E-state index in [2.05, 4.69) is 27.7 Å². The first kappa shape index (κ1) is 12.2. The topological polar surface area (TPSA) is 55.1 Å². The Morgan fingerprint density at radius 1 is 1.16 bits per heavy atom. The average Bonchev–Trinajstić information content (AvgIpc) is 2.78. The maximum atomic E-state index is 11.2. The molecule has 1 aromatic heterocycles. The molecule has 0 saturated carbocycles. The molecule has 0 aliphatic heterocycles. The summed E-state index contributed by atoms with van der Waals surface area (Å²) in [5.74, 6) is -1.01. The van der Waals surface area contributed by atoms with Gasteiger partial charge in [0.2, 0.25) is 0 Å². The van der Waals surface area contributed by atoms with Gasteiger partial charge in [0.15, 0.2) is 5.69 Å². The van der Waals surface area contributed by atoms with E-state index in [1.165, 1.54) is 0 Å². The van der Waals surface area contributed by atoms with Crippen molar-refractivity contribution < 1.29 is 9.90 Å². The fourth-order valence-electron chi connectivity index (χ4n) is 2.03. The predicted octanol–water partition coefficient (Wildman–Crippen LogP) is 3.33. The molecule has 0 aliphatic rings. The van der Waals surface area contributed by atoms with E-state index in [1.54, 1.807) is 10.7 Å². The van der Waals surface area contributed by atoms with Crippen LogP contribution in [0.4, 0.5) is 0 Å². The molecule has 3 rings (SSSR count). The number of fused-ring (bicyclic) bond motifs is 1. The monoisotopic (exact) mass is 364 g/mol. The minimum Gasteiger partial charge on any atom is -0.476 e. The third-order valence-corrected chi connectivity index (χ3v) is 3.51. The zero-order chi connectivity index (χ0) is 13.4. The standard InChI is InChI=1S/C14H9IN2O2/c15-9-4-3-5-10(8-9)17-12-7-2-1-6-11(12)13(16-17)14(18)19/h1-8H,(H,18,19). The molecule has 3 aromatic rings. The van der Waals surface area contributed by atoms with E-state index < -0.39 is 5.97 Å². The second-order valence-electron chi connectivity index (χ2n) is 4.06. The maximum Gasteiger partial charge on any atom is 0.357 e. The Morgan fingerprint density at radius 2 is 1.95 bits per heavy atom. The zero-order valence-electron chi connectivity index (χ0n) is 9.75. The predicted molar refractivity (Wildman–Crippen MR) is 80.7 cm³/mol. The summed E-state index contributed by atoms with van der Waals surface area (Å²) in [6, 6.07) is 15.1. The molecule has 4 nitrogen and oxygen atoms in total. The van der Waals surface area contributed by atoms with Crippen molar-refractivity contribution in [2.24, 2.45) is 0 Å². The lowest BCUT2D eigenvalue weighted by Crippen LogP contribution is -2.01. The number of carboxylic acids is 1. The van der Waals surface area contributed by atoms with E-state index in [0.717, 1.165) is 14.8 Å². The van der Waals surface area contributed by atoms with Gasteiger partial charge in [-0.3, -0.25) is 0 Å². The SMILES string of the molecule is O=C(O)c1nn(-c2cccc(I)c2)c2ccccc12. The highest BCUT2D eigenvalue weighted by atomic mass is 127. The number of carboxylic acid groups (broad SMARTS) is 1. The average molecular weight is 364 g/mol. The number of hydrogen-bond donors (Lipinski definition) is 1. The van der Waals surface area contributed by atoms with Crippen LogP contribution in [0.15, 0.2) is 48.5 Å². The second kappa shape index (κ2) is 4.65. The number of halogens is 1. The third-order valence-electron chi connectivity index (χ3n) is 2.84. The Kier molecular flexibility index (Phi) is 2.98. The summed E-state index contributed by atoms with van der Waals surface area (Å²) in [5, 5.41) is 14.1. The number of aromatic nitrogens is 2. The molecule has 0 amide bonds. The lowest BCUT2D eigenvalue weighted by Gasteiger charge is -2.03. The van der Waals surface area contributed by atoms with Crippen molar-refractivity contribution in [3.05, 3.63) is 57.8 Å². The fraction of sp³-hybridized carbons (Fsp3) is 0. The molecule has 0 spiro atoms. The van der Waals surface area contributed by atoms with Gasteiger partial charge >= 0.3 is 5.97 Å². The quantitative estimate of drug-likeness (QED) is 0.710. The highest BCUT2D eigenvalue weighted by Gasteiger charge is 2.16. The summed E-state index contributed by atoms with van der Waals surface area (Å²) < 4.78 is 2.74. The molecular weight excluding hydrogens is 355 g/mol. The maximum absolute atomic E-state index is 11.2. The lowest BCUT2D eigenvalue weighted by molar-refractivity contribution is 0.0692. The number of benzene rings is 2. The minimum atomic E-state index is -1.01. The summed E-state index contributed by atoms with van der Waals surface area (Å²) in [6.45, 7) is 0. The summed E-state index contributed by atoms with van der Waals surface area (Å²) in [7, 11) is 0. The molecule has 0 radical (unpaired) electrons. The van der Waals surface area contributed by atoms with Crippen molar-refractivity contribution in [2.45, 2.75) is 0 Å². The number of rotatable bonds is 2. The van der Waals surface area contributed by atoms with Crippen LogP contribution in [-0.4, -0.2) is 20.9 Å². The second-order valence-corrected chi connectivity index (χ2v) is 5.31. The van der Waals surface area contributed by atoms with E-state index in [0.29, 0.717) is 5.39 Å². The van der Waals surface area contributed by atoms with E-state index in [4.69, 9.17) is 0 Å². The first-order valence-corrected chi connectivity index (χ1v) is 6.72. The van der Waals surface area contributed by atoms with E-state index in [9.17, 15) is 9.90 Å². The van der Waals surface area contributed by atoms with Crippen LogP contribution in [0.2, 0.25) is 0 Å². The number of nitrogens with zero attached hydrogens (tertiary/aromatic N) is 2. The summed E-state index contributed by atoms with van der Waals surface area (Å²) >= 11 is 2.22. The van der Waals surface area contributed by atoms with Crippen LogP contribution in [0.25, 0.3) is 16.6 Å². The van der Waals surface area contributed by atoms with E-state index in [-0.39, 0.29) is 5.69 Å². The van der Waals surface area contributed by atoms with Crippen molar-refractivity contribution in [2.75, 3.05) is 0 Å². The van der Waals surface area contributed by atoms with Crippen molar-refractivity contribution >= 4 is 39.5 Å². The molecular formula is C14H9IN2O2. The van der Waals surface area contributed by atoms with Crippen LogP contribution < -0.4 is 0 Å². The van der Waals surface area contributed by atoms with Crippen LogP contribution in [-0.2, 0) is 0 Å². The highest BCUT2D eigenvalue weighted by molar-refractivity contribution is 14.1. The molecule has 0 fully saturated rings. The largest absolute Gasteiger partial charge is 0.476 e. The van der Waals surface area contributed by atoms with Gasteiger partial charge in [-0.2, -0.15) is 5.10 Å². The molecule has 0 unspecified atom stereocenters. The van der Waals surface area contributed by atoms with Crippen molar-refractivity contribution in [1.29, 1.82) is 0 Å². The Hall–Kier alpha value is -1.89. The van der Waals surface area contributed by atoms with Crippen LogP contribution in [0.3, 0.4) is 0 Å². The number of hydrogen-bond acceptors (Lipinski definition) is 2. The molecule has 0 bridgehead atoms. The van der Waals surface area contributed by atoms with Gasteiger partial charge in [-0.1, -0.05) is 24.3 Å². The molecule has 0 atom stereocenters. The Labute approximate surface area is 122 Å². The summed E-state index contributed by atoms with van der Waals surface area (Å²) in [4.78, 5) is 11.2. The van der Waals surface area contributed by atoms with Crippen LogP contribution in [0, 0.1) is 3.57 Å². The minimum absolute atomic E-state index is 0.0782. The van der Waals surface area contributed by atoms with Gasteiger partial charge < -0.3 is 5.11 Å². The van der Waals surface area contributed by atoms with Crippen LogP contribution in [0.5, 0.6) is 0 Å². The van der Waals surface area contributed by atoms with Gasteiger partial charge in [0.25, 0.3) is 0 Å². The molecule has 2 aromatic carbocycles. The Bertz CT molecular complexity index is 780. The Balaban J connectivity index is 2.33. The van der Waals surface area contributed by atoms with E-state index >= 15 is 0 Å². The molecule has 0 saturated heterocycles. The zero-order valence-corrected chi connectivity index (χ0v) is 11.9. The first-order chi connectivity index (χ1) is 9.16. The van der Waals surface area contributed by atoms with E-state index in [1.807, 2.05) is 42.5 Å². The lowest BCUT2D eigenvalue weighted by atomic mass is 10.2. The normalized spacial score (nSPS) is 10.8. The summed E-state index contributed by atoms with van der Waals surface area (Å²) in [5.41, 5.74) is 1.73. The van der Waals surface area contributed by atoms with Gasteiger partial charge in [-0.15, -0.1) is 0 Å². The fourth-order valence-corrected chi connectivity index (χ4v) is 2.56. The van der Waals surface area contributed by atoms with Crippen molar-refractivity contribution in [3.8, 4) is 5.69 Å². The smallest absolute Gasteiger partial charge is 0.357 e. The summed E-state index contributed by atoms with van der Waals surface area (Å²) in [6.07, 6.45) is 0. The van der Waals surface area contributed by atoms with Gasteiger partial charge in [-0.25, -0.2) is 9.48 Å². The van der Waals surface area contributed by atoms with Gasteiger partial charge in [0.1, 0.15) is 0 Å². The number of carbonyl (C=O) groups is 1. The molecule has 1 N–H and O–H groups in total. The van der Waals surface area contributed by atoms with Gasteiger partial charge in [-0.05, 0) is 46.9 Å². The van der Waals surface area contributed by atoms with Crippen LogP contribution in [0.1, 0.15) is 10.5 Å². The molecule has 19 heavy (non-hydrogen) atoms. The molecule has 0 aliphatic carbocycles. The highest BCUT2D eigenvalue weighted by Crippen LogP contribution is 2.22. The molecule has 5 heteroatoms. The first-order valence-electron chi connectivity index (χ1n) is 5.64. The third kappa shape index (κ3) is 2.10. The van der Waals surface area contributed by atoms with Crippen molar-refractivity contribution in [3.63, 3.8) is 0 Å². The van der Waals surface area contributed by atoms with Gasteiger partial charge in [0, 0.05) is 8.96 Å². The molecule has 94 valence electrons. The molecule has 1 heterocycles. The van der Waals surface area contributed by atoms with Crippen LogP contribution >= 0.6 is 22.6 Å². The van der Waals surface area contributed by atoms with Gasteiger partial charge in [0.05, 0.1) is 11.2 Å². The van der Waals surface area contributed by atoms with Crippen molar-refractivity contribution in [1.82, 2.24) is 9.78 Å².